The van der Waals surface area contributed by atoms with Crippen molar-refractivity contribution in [1.29, 1.82) is 0 Å². The molecule has 1 N–H and O–H groups in total. The van der Waals surface area contributed by atoms with Gasteiger partial charge in [-0.2, -0.15) is 0 Å². The first kappa shape index (κ1) is 11.7. The van der Waals surface area contributed by atoms with Crippen LogP contribution in [0.3, 0.4) is 0 Å². The molecule has 88 valence electrons. The van der Waals surface area contributed by atoms with E-state index in [-0.39, 0.29) is 5.41 Å². The summed E-state index contributed by atoms with van der Waals surface area (Å²) in [6.45, 7) is 11.3. The molecular weight excluding hydrogens is 194 g/mol. The van der Waals surface area contributed by atoms with Crippen LogP contribution < -0.4 is 5.32 Å². The van der Waals surface area contributed by atoms with Crippen molar-refractivity contribution in [3.63, 3.8) is 0 Å². The van der Waals surface area contributed by atoms with Gasteiger partial charge in [-0.05, 0) is 23.0 Å². The lowest BCUT2D eigenvalue weighted by atomic mass is 9.83. The molecule has 16 heavy (non-hydrogen) atoms. The molecule has 0 amide bonds. The van der Waals surface area contributed by atoms with E-state index in [4.69, 9.17) is 0 Å². The Morgan fingerprint density at radius 1 is 1.25 bits per heavy atom. The molecule has 0 aromatic rings. The monoisotopic (exact) mass is 217 g/mol. The molecule has 1 heterocycles. The van der Waals surface area contributed by atoms with E-state index in [9.17, 15) is 0 Å². The zero-order valence-electron chi connectivity index (χ0n) is 10.9. The Morgan fingerprint density at radius 2 is 1.94 bits per heavy atom. The smallest absolute Gasteiger partial charge is 0.0208 e. The summed E-state index contributed by atoms with van der Waals surface area (Å²) in [5.74, 6) is 1.37. The van der Waals surface area contributed by atoms with Crippen molar-refractivity contribution in [2.45, 2.75) is 27.7 Å². The predicted octanol–water partition coefficient (Wildman–Crippen LogP) is 3.31. The molecule has 1 atom stereocenters. The standard InChI is InChI=1S/C15H23N/c1-11(2)14-10-16-9-12-5-7-15(3,4)8-6-13(12)14/h5-8,11,14,16H,9-10H2,1-4H3. The fourth-order valence-corrected chi connectivity index (χ4v) is 2.47. The van der Waals surface area contributed by atoms with Crippen LogP contribution in [0.2, 0.25) is 0 Å². The quantitative estimate of drug-likeness (QED) is 0.710. The Kier molecular flexibility index (Phi) is 3.07. The maximum absolute atomic E-state index is 3.53. The average molecular weight is 217 g/mol. The lowest BCUT2D eigenvalue weighted by Crippen LogP contribution is -2.34. The Bertz CT molecular complexity index is 356. The highest BCUT2D eigenvalue weighted by Gasteiger charge is 2.25. The molecule has 0 aromatic heterocycles. The molecule has 2 rings (SSSR count). The molecule has 0 saturated heterocycles. The zero-order chi connectivity index (χ0) is 11.8. The van der Waals surface area contributed by atoms with Gasteiger partial charge in [0.25, 0.3) is 0 Å². The van der Waals surface area contributed by atoms with Gasteiger partial charge < -0.3 is 5.32 Å². The van der Waals surface area contributed by atoms with Crippen molar-refractivity contribution in [3.8, 4) is 0 Å². The third-order valence-electron chi connectivity index (χ3n) is 3.66. The van der Waals surface area contributed by atoms with Gasteiger partial charge in [0.2, 0.25) is 0 Å². The van der Waals surface area contributed by atoms with Crippen LogP contribution in [0.25, 0.3) is 0 Å². The Balaban J connectivity index is 2.37. The molecule has 0 bridgehead atoms. The van der Waals surface area contributed by atoms with Crippen molar-refractivity contribution >= 4 is 0 Å². The highest BCUT2D eigenvalue weighted by Crippen LogP contribution is 2.32. The molecular formula is C15H23N. The van der Waals surface area contributed by atoms with Crippen molar-refractivity contribution in [1.82, 2.24) is 5.32 Å². The second-order valence-electron chi connectivity index (χ2n) is 5.95. The summed E-state index contributed by atoms with van der Waals surface area (Å²) in [5, 5.41) is 3.53. The maximum atomic E-state index is 3.53. The summed E-state index contributed by atoms with van der Waals surface area (Å²) in [4.78, 5) is 0. The molecule has 1 unspecified atom stereocenters. The molecule has 0 radical (unpaired) electrons. The van der Waals surface area contributed by atoms with Crippen molar-refractivity contribution < 1.29 is 0 Å². The van der Waals surface area contributed by atoms with E-state index in [1.165, 1.54) is 5.57 Å². The largest absolute Gasteiger partial charge is 0.312 e. The number of nitrogens with one attached hydrogen (secondary N) is 1. The molecule has 0 aromatic carbocycles. The second kappa shape index (κ2) is 4.21. The van der Waals surface area contributed by atoms with E-state index in [0.717, 1.165) is 13.1 Å². The average Bonchev–Trinajstić information content (AvgIpc) is 2.38. The van der Waals surface area contributed by atoms with Gasteiger partial charge in [0.05, 0.1) is 0 Å². The number of hydrogen-bond donors (Lipinski definition) is 1. The number of allylic oxidation sites excluding steroid dienone is 3. The molecule has 2 aliphatic rings. The zero-order valence-corrected chi connectivity index (χ0v) is 10.9. The normalized spacial score (nSPS) is 28.2. The molecule has 1 aliphatic carbocycles. The minimum atomic E-state index is 0.193. The van der Waals surface area contributed by atoms with Crippen LogP contribution >= 0.6 is 0 Å². The van der Waals surface area contributed by atoms with Gasteiger partial charge >= 0.3 is 0 Å². The topological polar surface area (TPSA) is 12.0 Å². The molecule has 1 aliphatic heterocycles. The number of rotatable bonds is 1. The third-order valence-corrected chi connectivity index (χ3v) is 3.66. The fourth-order valence-electron chi connectivity index (χ4n) is 2.47. The van der Waals surface area contributed by atoms with Gasteiger partial charge in [-0.25, -0.2) is 0 Å². The van der Waals surface area contributed by atoms with Crippen LogP contribution in [-0.2, 0) is 0 Å². The van der Waals surface area contributed by atoms with Gasteiger partial charge in [-0.3, -0.25) is 0 Å². The van der Waals surface area contributed by atoms with E-state index >= 15 is 0 Å². The highest BCUT2D eigenvalue weighted by atomic mass is 14.9. The van der Waals surface area contributed by atoms with Gasteiger partial charge in [-0.15, -0.1) is 0 Å². The van der Waals surface area contributed by atoms with Crippen LogP contribution in [0.5, 0.6) is 0 Å². The summed E-state index contributed by atoms with van der Waals surface area (Å²) in [7, 11) is 0. The summed E-state index contributed by atoms with van der Waals surface area (Å²) in [6, 6.07) is 0. The van der Waals surface area contributed by atoms with Crippen LogP contribution in [0, 0.1) is 17.3 Å². The summed E-state index contributed by atoms with van der Waals surface area (Å²) in [6.07, 6.45) is 9.33. The van der Waals surface area contributed by atoms with E-state index in [0.29, 0.717) is 11.8 Å². The van der Waals surface area contributed by atoms with Crippen LogP contribution in [-0.4, -0.2) is 13.1 Å². The molecule has 0 fully saturated rings. The predicted molar refractivity (Wildman–Crippen MR) is 70.3 cm³/mol. The first-order chi connectivity index (χ1) is 7.49. The van der Waals surface area contributed by atoms with Gasteiger partial charge in [0, 0.05) is 18.5 Å². The SMILES string of the molecule is CC(C)C1CNCC2=C1C=CC(C)(C)C=C2. The first-order valence-electron chi connectivity index (χ1n) is 6.32. The minimum absolute atomic E-state index is 0.193. The van der Waals surface area contributed by atoms with E-state index in [1.807, 2.05) is 0 Å². The Morgan fingerprint density at radius 3 is 2.62 bits per heavy atom. The molecule has 0 spiro atoms. The van der Waals surface area contributed by atoms with Crippen molar-refractivity contribution in [2.24, 2.45) is 17.3 Å². The first-order valence-corrected chi connectivity index (χ1v) is 6.32. The van der Waals surface area contributed by atoms with E-state index in [2.05, 4.69) is 57.3 Å². The molecule has 1 nitrogen and oxygen atoms in total. The third kappa shape index (κ3) is 2.30. The lowest BCUT2D eigenvalue weighted by molar-refractivity contribution is 0.408. The van der Waals surface area contributed by atoms with Gasteiger partial charge in [0.15, 0.2) is 0 Å². The van der Waals surface area contributed by atoms with Crippen molar-refractivity contribution in [2.75, 3.05) is 13.1 Å². The van der Waals surface area contributed by atoms with Crippen molar-refractivity contribution in [3.05, 3.63) is 35.5 Å². The van der Waals surface area contributed by atoms with E-state index < -0.39 is 0 Å². The lowest BCUT2D eigenvalue weighted by Gasteiger charge is -2.29. The maximum Gasteiger partial charge on any atom is 0.0208 e. The summed E-state index contributed by atoms with van der Waals surface area (Å²) >= 11 is 0. The Labute approximate surface area is 99.3 Å². The van der Waals surface area contributed by atoms with Crippen LogP contribution in [0.15, 0.2) is 35.5 Å². The van der Waals surface area contributed by atoms with Gasteiger partial charge in [-0.1, -0.05) is 52.0 Å². The molecule has 1 heteroatoms. The van der Waals surface area contributed by atoms with Crippen LogP contribution in [0.4, 0.5) is 0 Å². The fraction of sp³-hybridized carbons (Fsp3) is 0.600. The second-order valence-corrected chi connectivity index (χ2v) is 5.95. The highest BCUT2D eigenvalue weighted by molar-refractivity contribution is 5.42. The number of hydrogen-bond acceptors (Lipinski definition) is 1. The van der Waals surface area contributed by atoms with Gasteiger partial charge in [0.1, 0.15) is 0 Å². The minimum Gasteiger partial charge on any atom is -0.312 e. The van der Waals surface area contributed by atoms with E-state index in [1.54, 1.807) is 5.57 Å². The Hall–Kier alpha value is -0.820. The molecule has 0 saturated carbocycles. The summed E-state index contributed by atoms with van der Waals surface area (Å²) in [5.41, 5.74) is 3.22. The van der Waals surface area contributed by atoms with Crippen LogP contribution in [0.1, 0.15) is 27.7 Å². The summed E-state index contributed by atoms with van der Waals surface area (Å²) < 4.78 is 0.